The normalized spacial score (nSPS) is 11.0. The molecule has 0 saturated heterocycles. The SMILES string of the molecule is CCN(CC(=O)N(C)Cc1ccccc1OC)Cc1nc2ccccc2c(=O)[nH]1. The van der Waals surface area contributed by atoms with Crippen molar-refractivity contribution in [2.24, 2.45) is 0 Å². The molecule has 0 spiro atoms. The molecule has 0 radical (unpaired) electrons. The van der Waals surface area contributed by atoms with Crippen LogP contribution in [-0.4, -0.2) is 52.9 Å². The van der Waals surface area contributed by atoms with E-state index in [2.05, 4.69) is 9.97 Å². The predicted octanol–water partition coefficient (Wildman–Crippen LogP) is 2.41. The smallest absolute Gasteiger partial charge is 0.258 e. The number of hydrogen-bond acceptors (Lipinski definition) is 5. The summed E-state index contributed by atoms with van der Waals surface area (Å²) in [5.41, 5.74) is 1.44. The highest BCUT2D eigenvalue weighted by Crippen LogP contribution is 2.18. The van der Waals surface area contributed by atoms with Gasteiger partial charge in [-0.3, -0.25) is 14.5 Å². The second kappa shape index (κ2) is 9.34. The molecule has 1 amide bonds. The number of methoxy groups -OCH3 is 1. The minimum atomic E-state index is -0.165. The van der Waals surface area contributed by atoms with Gasteiger partial charge in [-0.25, -0.2) is 4.98 Å². The van der Waals surface area contributed by atoms with Crippen molar-refractivity contribution < 1.29 is 9.53 Å². The summed E-state index contributed by atoms with van der Waals surface area (Å²) in [4.78, 5) is 36.0. The quantitative estimate of drug-likeness (QED) is 0.635. The Kier molecular flexibility index (Phi) is 6.61. The van der Waals surface area contributed by atoms with E-state index in [9.17, 15) is 9.59 Å². The number of benzene rings is 2. The van der Waals surface area contributed by atoms with Crippen LogP contribution in [0.15, 0.2) is 53.3 Å². The van der Waals surface area contributed by atoms with Gasteiger partial charge in [0.05, 0.1) is 31.1 Å². The van der Waals surface area contributed by atoms with Gasteiger partial charge in [-0.1, -0.05) is 37.3 Å². The number of rotatable bonds is 8. The number of hydrogen-bond donors (Lipinski definition) is 1. The van der Waals surface area contributed by atoms with Crippen molar-refractivity contribution in [1.29, 1.82) is 0 Å². The average molecular weight is 394 g/mol. The number of aromatic nitrogens is 2. The highest BCUT2D eigenvalue weighted by Gasteiger charge is 2.16. The summed E-state index contributed by atoms with van der Waals surface area (Å²) in [5.74, 6) is 1.30. The molecule has 152 valence electrons. The van der Waals surface area contributed by atoms with Gasteiger partial charge in [0, 0.05) is 19.2 Å². The first-order chi connectivity index (χ1) is 14.0. The van der Waals surface area contributed by atoms with Gasteiger partial charge in [0.1, 0.15) is 11.6 Å². The number of ether oxygens (including phenoxy) is 1. The maximum absolute atomic E-state index is 12.7. The molecule has 0 saturated carbocycles. The Balaban J connectivity index is 1.67. The molecule has 1 aromatic heterocycles. The molecule has 0 aliphatic carbocycles. The van der Waals surface area contributed by atoms with E-state index in [1.807, 2.05) is 54.3 Å². The van der Waals surface area contributed by atoms with Crippen LogP contribution in [0.2, 0.25) is 0 Å². The Morgan fingerprint density at radius 1 is 1.10 bits per heavy atom. The summed E-state index contributed by atoms with van der Waals surface area (Å²) in [5, 5.41) is 0.562. The topological polar surface area (TPSA) is 78.5 Å². The van der Waals surface area contributed by atoms with Crippen molar-refractivity contribution in [3.63, 3.8) is 0 Å². The van der Waals surface area contributed by atoms with Crippen LogP contribution in [0.5, 0.6) is 5.75 Å². The van der Waals surface area contributed by atoms with Crippen molar-refractivity contribution in [2.75, 3.05) is 27.2 Å². The first kappa shape index (κ1) is 20.5. The van der Waals surface area contributed by atoms with Crippen molar-refractivity contribution >= 4 is 16.8 Å². The number of nitrogens with zero attached hydrogens (tertiary/aromatic N) is 3. The Morgan fingerprint density at radius 2 is 1.83 bits per heavy atom. The van der Waals surface area contributed by atoms with Crippen molar-refractivity contribution in [2.45, 2.75) is 20.0 Å². The highest BCUT2D eigenvalue weighted by atomic mass is 16.5. The number of amides is 1. The lowest BCUT2D eigenvalue weighted by molar-refractivity contribution is -0.131. The van der Waals surface area contributed by atoms with Gasteiger partial charge in [0.25, 0.3) is 5.56 Å². The van der Waals surface area contributed by atoms with E-state index in [4.69, 9.17) is 4.74 Å². The maximum atomic E-state index is 12.7. The zero-order valence-corrected chi connectivity index (χ0v) is 17.0. The lowest BCUT2D eigenvalue weighted by atomic mass is 10.2. The maximum Gasteiger partial charge on any atom is 0.258 e. The van der Waals surface area contributed by atoms with E-state index in [1.165, 1.54) is 0 Å². The first-order valence-corrected chi connectivity index (χ1v) is 9.58. The van der Waals surface area contributed by atoms with Gasteiger partial charge >= 0.3 is 0 Å². The van der Waals surface area contributed by atoms with E-state index in [1.54, 1.807) is 25.1 Å². The molecule has 0 bridgehead atoms. The molecular formula is C22H26N4O3. The fourth-order valence-electron chi connectivity index (χ4n) is 3.19. The van der Waals surface area contributed by atoms with Crippen LogP contribution in [0, 0.1) is 0 Å². The van der Waals surface area contributed by atoms with Gasteiger partial charge in [0.2, 0.25) is 5.91 Å². The van der Waals surface area contributed by atoms with Crippen LogP contribution in [-0.2, 0) is 17.9 Å². The molecular weight excluding hydrogens is 368 g/mol. The summed E-state index contributed by atoms with van der Waals surface area (Å²) in [6.07, 6.45) is 0. The fourth-order valence-corrected chi connectivity index (χ4v) is 3.19. The van der Waals surface area contributed by atoms with Crippen LogP contribution in [0.1, 0.15) is 18.3 Å². The second-order valence-electron chi connectivity index (χ2n) is 6.89. The minimum Gasteiger partial charge on any atom is -0.496 e. The lowest BCUT2D eigenvalue weighted by Crippen LogP contribution is -2.38. The van der Waals surface area contributed by atoms with Crippen molar-refractivity contribution in [3.8, 4) is 5.75 Å². The van der Waals surface area contributed by atoms with Crippen LogP contribution in [0.25, 0.3) is 10.9 Å². The highest BCUT2D eigenvalue weighted by molar-refractivity contribution is 5.78. The molecule has 0 atom stereocenters. The van der Waals surface area contributed by atoms with Gasteiger partial charge < -0.3 is 14.6 Å². The van der Waals surface area contributed by atoms with Gasteiger partial charge in [-0.15, -0.1) is 0 Å². The van der Waals surface area contributed by atoms with Gasteiger partial charge in [0.15, 0.2) is 0 Å². The largest absolute Gasteiger partial charge is 0.496 e. The number of likely N-dealkylation sites (N-methyl/N-ethyl adjacent to an activating group) is 2. The standard InChI is InChI=1S/C22H26N4O3/c1-4-26(14-20-23-18-11-7-6-10-17(18)22(28)24-20)15-21(27)25(2)13-16-9-5-8-12-19(16)29-3/h5-12H,4,13-15H2,1-3H3,(H,23,24,28). The summed E-state index contributed by atoms with van der Waals surface area (Å²) in [6.45, 7) is 3.73. The number of aromatic amines is 1. The molecule has 29 heavy (non-hydrogen) atoms. The third kappa shape index (κ3) is 5.00. The van der Waals surface area contributed by atoms with E-state index in [0.29, 0.717) is 36.4 Å². The lowest BCUT2D eigenvalue weighted by Gasteiger charge is -2.24. The number of H-pyrrole nitrogens is 1. The molecule has 0 aliphatic heterocycles. The van der Waals surface area contributed by atoms with Crippen molar-refractivity contribution in [3.05, 3.63) is 70.3 Å². The monoisotopic (exact) mass is 394 g/mol. The predicted molar refractivity (Wildman–Crippen MR) is 113 cm³/mol. The average Bonchev–Trinajstić information content (AvgIpc) is 2.73. The Morgan fingerprint density at radius 3 is 2.59 bits per heavy atom. The Hall–Kier alpha value is -3.19. The summed E-state index contributed by atoms with van der Waals surface area (Å²) in [6, 6.07) is 14.9. The summed E-state index contributed by atoms with van der Waals surface area (Å²) in [7, 11) is 3.40. The number of carbonyl (C=O) groups excluding carboxylic acids is 1. The molecule has 7 nitrogen and oxygen atoms in total. The number of carbonyl (C=O) groups is 1. The molecule has 2 aromatic carbocycles. The molecule has 1 N–H and O–H groups in total. The number of para-hydroxylation sites is 2. The zero-order valence-electron chi connectivity index (χ0n) is 17.0. The molecule has 0 aliphatic rings. The van der Waals surface area contributed by atoms with Crippen molar-refractivity contribution in [1.82, 2.24) is 19.8 Å². The van der Waals surface area contributed by atoms with E-state index >= 15 is 0 Å². The molecule has 7 heteroatoms. The van der Waals surface area contributed by atoms with Gasteiger partial charge in [-0.2, -0.15) is 0 Å². The number of nitrogens with one attached hydrogen (secondary N) is 1. The van der Waals surface area contributed by atoms with Gasteiger partial charge in [-0.05, 0) is 24.7 Å². The van der Waals surface area contributed by atoms with Crippen LogP contribution in [0.3, 0.4) is 0 Å². The third-order valence-corrected chi connectivity index (χ3v) is 4.87. The molecule has 3 rings (SSSR count). The Labute approximate surface area is 169 Å². The molecule has 0 fully saturated rings. The zero-order chi connectivity index (χ0) is 20.8. The van der Waals surface area contributed by atoms with E-state index < -0.39 is 0 Å². The van der Waals surface area contributed by atoms with Crippen LogP contribution >= 0.6 is 0 Å². The summed E-state index contributed by atoms with van der Waals surface area (Å²) >= 11 is 0. The Bertz CT molecular complexity index is 1050. The fraction of sp³-hybridized carbons (Fsp3) is 0.318. The molecule has 0 unspecified atom stereocenters. The second-order valence-corrected chi connectivity index (χ2v) is 6.89. The van der Waals surface area contributed by atoms with E-state index in [-0.39, 0.29) is 18.0 Å². The van der Waals surface area contributed by atoms with Crippen LogP contribution < -0.4 is 10.3 Å². The molecule has 1 heterocycles. The third-order valence-electron chi connectivity index (χ3n) is 4.87. The summed E-state index contributed by atoms with van der Waals surface area (Å²) < 4.78 is 5.36. The van der Waals surface area contributed by atoms with Crippen LogP contribution in [0.4, 0.5) is 0 Å². The molecule has 3 aromatic rings. The minimum absolute atomic E-state index is 0.0131. The van der Waals surface area contributed by atoms with E-state index in [0.717, 1.165) is 11.3 Å². The number of fused-ring (bicyclic) bond motifs is 1. The first-order valence-electron chi connectivity index (χ1n) is 9.58.